The van der Waals surface area contributed by atoms with Crippen molar-refractivity contribution in [1.82, 2.24) is 25.3 Å². The van der Waals surface area contributed by atoms with Crippen molar-refractivity contribution in [1.29, 1.82) is 0 Å². The van der Waals surface area contributed by atoms with Gasteiger partial charge in [-0.2, -0.15) is 0 Å². The van der Waals surface area contributed by atoms with Gasteiger partial charge in [-0.15, -0.1) is 0 Å². The molecular weight excluding hydrogens is 408 g/mol. The monoisotopic (exact) mass is 438 g/mol. The molecule has 1 aliphatic heterocycles. The number of nitrogens with one attached hydrogen (secondary N) is 3. The molecular formula is C27H30N6. The maximum Gasteiger partial charge on any atom is 0.123 e. The lowest BCUT2D eigenvalue weighted by molar-refractivity contribution is 0.613. The second kappa shape index (κ2) is 10.8. The first-order valence-corrected chi connectivity index (χ1v) is 11.4. The number of rotatable bonds is 4. The number of imidazole rings is 2. The molecule has 0 aliphatic carbocycles. The van der Waals surface area contributed by atoms with E-state index in [2.05, 4.69) is 86.1 Å². The highest BCUT2D eigenvalue weighted by Gasteiger charge is 2.19. The Balaban J connectivity index is 0.00000126. The number of hydrogen-bond acceptors (Lipinski definition) is 4. The molecule has 0 saturated carbocycles. The van der Waals surface area contributed by atoms with Gasteiger partial charge in [0.1, 0.15) is 11.6 Å². The second-order valence-corrected chi connectivity index (χ2v) is 7.83. The number of nitrogens with zero attached hydrogens (tertiary/aromatic N) is 2. The van der Waals surface area contributed by atoms with E-state index in [1.54, 1.807) is 0 Å². The number of benzene rings is 2. The van der Waals surface area contributed by atoms with E-state index in [4.69, 9.17) is 0 Å². The van der Waals surface area contributed by atoms with Crippen LogP contribution in [0, 0.1) is 11.8 Å². The Morgan fingerprint density at radius 2 is 1.42 bits per heavy atom. The van der Waals surface area contributed by atoms with Gasteiger partial charge >= 0.3 is 0 Å². The van der Waals surface area contributed by atoms with Gasteiger partial charge in [0.15, 0.2) is 0 Å². The largest absolute Gasteiger partial charge is 0.342 e. The van der Waals surface area contributed by atoms with Crippen molar-refractivity contribution in [2.24, 2.45) is 5.73 Å². The Morgan fingerprint density at radius 1 is 0.848 bits per heavy atom. The number of aromatic nitrogens is 4. The van der Waals surface area contributed by atoms with Gasteiger partial charge in [-0.3, -0.25) is 0 Å². The van der Waals surface area contributed by atoms with Gasteiger partial charge in [0.05, 0.1) is 29.8 Å². The predicted molar refractivity (Wildman–Crippen MR) is 133 cm³/mol. The van der Waals surface area contributed by atoms with Crippen LogP contribution in [0.1, 0.15) is 48.6 Å². The molecule has 0 spiro atoms. The summed E-state index contributed by atoms with van der Waals surface area (Å²) < 4.78 is 0. The maximum absolute atomic E-state index is 4.56. The molecule has 0 bridgehead atoms. The third kappa shape index (κ3) is 5.40. The molecule has 2 aromatic heterocycles. The average Bonchev–Trinajstić information content (AvgIpc) is 3.66. The highest BCUT2D eigenvalue weighted by Crippen LogP contribution is 2.24. The van der Waals surface area contributed by atoms with Gasteiger partial charge in [-0.25, -0.2) is 9.97 Å². The van der Waals surface area contributed by atoms with Crippen LogP contribution in [0.4, 0.5) is 0 Å². The van der Waals surface area contributed by atoms with Crippen molar-refractivity contribution in [3.05, 3.63) is 83.7 Å². The second-order valence-electron chi connectivity index (χ2n) is 7.83. The van der Waals surface area contributed by atoms with Crippen molar-refractivity contribution >= 4 is 0 Å². The standard InChI is InChI=1S/C26H25N5.CH5N/c1-2-25-28-16-23(30-25)20-11-7-18(8-12-20)5-6-19-9-13-21(14-10-19)24-17-29-26(31-24)22-4-3-15-27-22;1-2/h7-14,16-17,22,27H,2-4,15H2,1H3,(H,28,30)(H,29,31);2H2,1H3. The highest BCUT2D eigenvalue weighted by atomic mass is 15.0. The fourth-order valence-corrected chi connectivity index (χ4v) is 3.88. The van der Waals surface area contributed by atoms with Gasteiger partial charge in [0, 0.05) is 17.5 Å². The smallest absolute Gasteiger partial charge is 0.123 e. The van der Waals surface area contributed by atoms with Crippen LogP contribution in [0.15, 0.2) is 60.9 Å². The molecule has 0 radical (unpaired) electrons. The number of aryl methyl sites for hydroxylation is 1. The molecule has 6 heteroatoms. The van der Waals surface area contributed by atoms with Crippen molar-refractivity contribution in [3.63, 3.8) is 0 Å². The summed E-state index contributed by atoms with van der Waals surface area (Å²) in [6.45, 7) is 3.16. The predicted octanol–water partition coefficient (Wildman–Crippen LogP) is 4.43. The van der Waals surface area contributed by atoms with Gasteiger partial charge in [0.25, 0.3) is 0 Å². The van der Waals surface area contributed by atoms with E-state index < -0.39 is 0 Å². The van der Waals surface area contributed by atoms with E-state index in [1.807, 2.05) is 24.5 Å². The first-order chi connectivity index (χ1) is 16.3. The summed E-state index contributed by atoms with van der Waals surface area (Å²) in [5.41, 5.74) is 10.8. The lowest BCUT2D eigenvalue weighted by atomic mass is 10.1. The van der Waals surface area contributed by atoms with Crippen LogP contribution in [0.2, 0.25) is 0 Å². The van der Waals surface area contributed by atoms with Gasteiger partial charge in [-0.1, -0.05) is 43.0 Å². The van der Waals surface area contributed by atoms with Crippen molar-refractivity contribution in [2.45, 2.75) is 32.2 Å². The molecule has 33 heavy (non-hydrogen) atoms. The van der Waals surface area contributed by atoms with Crippen molar-refractivity contribution < 1.29 is 0 Å². The number of aromatic amines is 2. The van der Waals surface area contributed by atoms with Crippen LogP contribution in [0.25, 0.3) is 22.5 Å². The zero-order chi connectivity index (χ0) is 23.0. The van der Waals surface area contributed by atoms with E-state index >= 15 is 0 Å². The topological polar surface area (TPSA) is 95.4 Å². The first-order valence-electron chi connectivity index (χ1n) is 11.4. The fourth-order valence-electron chi connectivity index (χ4n) is 3.88. The molecule has 1 aliphatic rings. The minimum Gasteiger partial charge on any atom is -0.342 e. The van der Waals surface area contributed by atoms with Crippen molar-refractivity contribution in [3.8, 4) is 34.4 Å². The van der Waals surface area contributed by atoms with Crippen LogP contribution in [-0.2, 0) is 6.42 Å². The van der Waals surface area contributed by atoms with E-state index in [0.29, 0.717) is 6.04 Å². The molecule has 4 aromatic rings. The van der Waals surface area contributed by atoms with E-state index in [0.717, 1.165) is 64.7 Å². The SMILES string of the molecule is CCc1ncc(-c2ccc(C#Cc3ccc(-c4cnc(C5CCCN5)[nH]4)cc3)cc2)[nH]1.CN. The molecule has 2 aromatic carbocycles. The third-order valence-electron chi connectivity index (χ3n) is 5.69. The number of H-pyrrole nitrogens is 2. The summed E-state index contributed by atoms with van der Waals surface area (Å²) in [4.78, 5) is 15.7. The average molecular weight is 439 g/mol. The molecule has 0 amide bonds. The van der Waals surface area contributed by atoms with Crippen LogP contribution in [0.3, 0.4) is 0 Å². The molecule has 168 valence electrons. The van der Waals surface area contributed by atoms with Crippen LogP contribution in [-0.4, -0.2) is 33.5 Å². The Hall–Kier alpha value is -3.66. The number of nitrogens with two attached hydrogens (primary N) is 1. The Morgan fingerprint density at radius 3 is 1.94 bits per heavy atom. The Bertz CT molecular complexity index is 1220. The maximum atomic E-state index is 4.56. The summed E-state index contributed by atoms with van der Waals surface area (Å²) >= 11 is 0. The Kier molecular flexibility index (Phi) is 7.36. The normalized spacial score (nSPS) is 14.8. The van der Waals surface area contributed by atoms with E-state index in [-0.39, 0.29) is 0 Å². The summed E-state index contributed by atoms with van der Waals surface area (Å²) in [5, 5.41) is 3.48. The quantitative estimate of drug-likeness (QED) is 0.355. The van der Waals surface area contributed by atoms with Crippen LogP contribution >= 0.6 is 0 Å². The molecule has 5 rings (SSSR count). The molecule has 1 atom stereocenters. The minimum absolute atomic E-state index is 0.354. The van der Waals surface area contributed by atoms with Crippen LogP contribution < -0.4 is 11.1 Å². The fraction of sp³-hybridized carbons (Fsp3) is 0.259. The lowest BCUT2D eigenvalue weighted by Crippen LogP contribution is -2.14. The summed E-state index contributed by atoms with van der Waals surface area (Å²) in [6.07, 6.45) is 7.06. The molecule has 3 heterocycles. The zero-order valence-electron chi connectivity index (χ0n) is 19.2. The lowest BCUT2D eigenvalue weighted by Gasteiger charge is -2.05. The molecule has 1 unspecified atom stereocenters. The summed E-state index contributed by atoms with van der Waals surface area (Å²) in [6, 6.07) is 16.9. The third-order valence-corrected chi connectivity index (χ3v) is 5.69. The minimum atomic E-state index is 0.354. The number of hydrogen-bond donors (Lipinski definition) is 4. The summed E-state index contributed by atoms with van der Waals surface area (Å²) in [7, 11) is 1.50. The molecule has 1 fully saturated rings. The van der Waals surface area contributed by atoms with E-state index in [1.165, 1.54) is 13.5 Å². The highest BCUT2D eigenvalue weighted by molar-refractivity contribution is 5.62. The van der Waals surface area contributed by atoms with Gasteiger partial charge in [-0.05, 0) is 61.8 Å². The zero-order valence-corrected chi connectivity index (χ0v) is 19.2. The van der Waals surface area contributed by atoms with E-state index in [9.17, 15) is 0 Å². The van der Waals surface area contributed by atoms with Crippen LogP contribution in [0.5, 0.6) is 0 Å². The van der Waals surface area contributed by atoms with Crippen molar-refractivity contribution in [2.75, 3.05) is 13.6 Å². The van der Waals surface area contributed by atoms with Gasteiger partial charge < -0.3 is 21.0 Å². The summed E-state index contributed by atoms with van der Waals surface area (Å²) in [5.74, 6) is 8.54. The van der Waals surface area contributed by atoms with Gasteiger partial charge in [0.2, 0.25) is 0 Å². The molecule has 6 nitrogen and oxygen atoms in total. The Labute approximate surface area is 195 Å². The molecule has 5 N–H and O–H groups in total. The first kappa shape index (κ1) is 22.5. The molecule has 1 saturated heterocycles.